The summed E-state index contributed by atoms with van der Waals surface area (Å²) in [6, 6.07) is 20.9. The molecule has 0 radical (unpaired) electrons. The van der Waals surface area contributed by atoms with Crippen molar-refractivity contribution in [3.8, 4) is 0 Å². The zero-order valence-electron chi connectivity index (χ0n) is 16.5. The standard InChI is InChI=1S/C24H30N2OS/c27-24(23(20-10-3-1-4-11-20)21-12-5-2-6-13-21)26-16-9-17-28-19-22(26)18-25-14-7-8-15-25/h1-6,10-13,22-23H,7-9,14-19H2. The predicted octanol–water partition coefficient (Wildman–Crippen LogP) is 4.25. The SMILES string of the molecule is O=C(C(c1ccccc1)c1ccccc1)N1CCCSCC1CN1CCCC1. The Morgan fingerprint density at radius 2 is 1.50 bits per heavy atom. The van der Waals surface area contributed by atoms with Crippen molar-refractivity contribution in [3.63, 3.8) is 0 Å². The summed E-state index contributed by atoms with van der Waals surface area (Å²) in [4.78, 5) is 18.7. The molecule has 2 saturated heterocycles. The average molecular weight is 395 g/mol. The molecule has 2 aliphatic rings. The first-order chi connectivity index (χ1) is 13.8. The number of amides is 1. The molecule has 0 N–H and O–H groups in total. The van der Waals surface area contributed by atoms with Crippen LogP contribution in [0.1, 0.15) is 36.3 Å². The summed E-state index contributed by atoms with van der Waals surface area (Å²) in [5.74, 6) is 2.26. The highest BCUT2D eigenvalue weighted by Crippen LogP contribution is 2.30. The number of carbonyl (C=O) groups is 1. The van der Waals surface area contributed by atoms with Crippen molar-refractivity contribution in [2.75, 3.05) is 37.7 Å². The van der Waals surface area contributed by atoms with Crippen LogP contribution in [-0.4, -0.2) is 59.4 Å². The fourth-order valence-corrected chi connectivity index (χ4v) is 5.53. The summed E-state index contributed by atoms with van der Waals surface area (Å²) in [5, 5.41) is 0. The van der Waals surface area contributed by atoms with Gasteiger partial charge in [-0.2, -0.15) is 11.8 Å². The Morgan fingerprint density at radius 1 is 0.893 bits per heavy atom. The van der Waals surface area contributed by atoms with Gasteiger partial charge in [0, 0.05) is 18.8 Å². The minimum Gasteiger partial charge on any atom is -0.337 e. The van der Waals surface area contributed by atoms with E-state index in [1.165, 1.54) is 25.9 Å². The molecule has 28 heavy (non-hydrogen) atoms. The van der Waals surface area contributed by atoms with Crippen LogP contribution < -0.4 is 0 Å². The van der Waals surface area contributed by atoms with Gasteiger partial charge in [0.25, 0.3) is 0 Å². The molecule has 3 nitrogen and oxygen atoms in total. The summed E-state index contributed by atoms with van der Waals surface area (Å²) in [6.45, 7) is 4.27. The van der Waals surface area contributed by atoms with Crippen LogP contribution in [0, 0.1) is 0 Å². The molecule has 1 amide bonds. The Hall–Kier alpha value is -1.78. The Bertz CT molecular complexity index is 706. The minimum absolute atomic E-state index is 0.216. The topological polar surface area (TPSA) is 23.6 Å². The van der Waals surface area contributed by atoms with Crippen LogP contribution >= 0.6 is 11.8 Å². The van der Waals surface area contributed by atoms with Gasteiger partial charge in [0.05, 0.1) is 12.0 Å². The second kappa shape index (κ2) is 9.62. The third-order valence-electron chi connectivity index (χ3n) is 5.90. The van der Waals surface area contributed by atoms with Crippen molar-refractivity contribution in [3.05, 3.63) is 71.8 Å². The predicted molar refractivity (Wildman–Crippen MR) is 118 cm³/mol. The molecule has 4 heteroatoms. The van der Waals surface area contributed by atoms with Crippen molar-refractivity contribution >= 4 is 17.7 Å². The maximum Gasteiger partial charge on any atom is 0.234 e. The number of hydrogen-bond donors (Lipinski definition) is 0. The smallest absolute Gasteiger partial charge is 0.234 e. The van der Waals surface area contributed by atoms with Crippen molar-refractivity contribution in [2.45, 2.75) is 31.2 Å². The molecule has 1 atom stereocenters. The summed E-state index contributed by atoms with van der Waals surface area (Å²) in [7, 11) is 0. The molecule has 1 unspecified atom stereocenters. The largest absolute Gasteiger partial charge is 0.337 e. The second-order valence-corrected chi connectivity index (χ2v) is 9.03. The Labute approximate surface area is 173 Å². The van der Waals surface area contributed by atoms with Crippen LogP contribution in [-0.2, 0) is 4.79 Å². The fraction of sp³-hybridized carbons (Fsp3) is 0.458. The van der Waals surface area contributed by atoms with Crippen LogP contribution in [0.25, 0.3) is 0 Å². The van der Waals surface area contributed by atoms with E-state index in [0.29, 0.717) is 6.04 Å². The van der Waals surface area contributed by atoms with E-state index in [9.17, 15) is 4.79 Å². The monoisotopic (exact) mass is 394 g/mol. The first-order valence-electron chi connectivity index (χ1n) is 10.5. The second-order valence-electron chi connectivity index (χ2n) is 7.88. The fourth-order valence-electron chi connectivity index (χ4n) is 4.47. The normalized spacial score (nSPS) is 21.0. The van der Waals surface area contributed by atoms with Crippen molar-refractivity contribution < 1.29 is 4.79 Å². The third-order valence-corrected chi connectivity index (χ3v) is 7.10. The molecule has 148 valence electrons. The van der Waals surface area contributed by atoms with E-state index in [2.05, 4.69) is 34.1 Å². The lowest BCUT2D eigenvalue weighted by atomic mass is 9.89. The van der Waals surface area contributed by atoms with Crippen LogP contribution in [0.15, 0.2) is 60.7 Å². The molecular weight excluding hydrogens is 364 g/mol. The molecule has 2 aromatic rings. The zero-order valence-corrected chi connectivity index (χ0v) is 17.3. The maximum absolute atomic E-state index is 13.9. The van der Waals surface area contributed by atoms with Gasteiger partial charge in [-0.1, -0.05) is 60.7 Å². The van der Waals surface area contributed by atoms with E-state index in [0.717, 1.165) is 42.1 Å². The average Bonchev–Trinajstić information content (AvgIpc) is 3.14. The molecule has 4 rings (SSSR count). The van der Waals surface area contributed by atoms with Gasteiger partial charge >= 0.3 is 0 Å². The highest BCUT2D eigenvalue weighted by Gasteiger charge is 2.33. The summed E-state index contributed by atoms with van der Waals surface area (Å²) in [6.07, 6.45) is 3.68. The maximum atomic E-state index is 13.9. The van der Waals surface area contributed by atoms with Gasteiger partial charge in [0.1, 0.15) is 0 Å². The highest BCUT2D eigenvalue weighted by atomic mass is 32.2. The summed E-state index contributed by atoms with van der Waals surface area (Å²) >= 11 is 2.01. The lowest BCUT2D eigenvalue weighted by molar-refractivity contribution is -0.134. The Kier molecular flexibility index (Phi) is 6.71. The number of carbonyl (C=O) groups excluding carboxylic acids is 1. The lowest BCUT2D eigenvalue weighted by Gasteiger charge is -2.35. The Balaban J connectivity index is 1.63. The number of rotatable bonds is 5. The van der Waals surface area contributed by atoms with Crippen molar-refractivity contribution in [1.29, 1.82) is 0 Å². The number of benzene rings is 2. The quantitative estimate of drug-likeness (QED) is 0.757. The zero-order chi connectivity index (χ0) is 19.2. The van der Waals surface area contributed by atoms with Gasteiger partial charge < -0.3 is 9.80 Å². The molecule has 0 aliphatic carbocycles. The van der Waals surface area contributed by atoms with Crippen LogP contribution in [0.5, 0.6) is 0 Å². The van der Waals surface area contributed by atoms with Gasteiger partial charge in [0.15, 0.2) is 0 Å². The van der Waals surface area contributed by atoms with E-state index in [-0.39, 0.29) is 11.8 Å². The number of thioether (sulfide) groups is 1. The van der Waals surface area contributed by atoms with Crippen molar-refractivity contribution in [2.24, 2.45) is 0 Å². The molecule has 2 fully saturated rings. The Morgan fingerprint density at radius 3 is 2.11 bits per heavy atom. The number of nitrogens with zero attached hydrogens (tertiary/aromatic N) is 2. The lowest BCUT2D eigenvalue weighted by Crippen LogP contribution is -2.49. The van der Waals surface area contributed by atoms with Gasteiger partial charge in [-0.15, -0.1) is 0 Å². The molecule has 0 aromatic heterocycles. The first kappa shape index (κ1) is 19.5. The van der Waals surface area contributed by atoms with Gasteiger partial charge in [-0.3, -0.25) is 4.79 Å². The van der Waals surface area contributed by atoms with Crippen LogP contribution in [0.2, 0.25) is 0 Å². The third kappa shape index (κ3) is 4.61. The summed E-state index contributed by atoms with van der Waals surface area (Å²) in [5.41, 5.74) is 2.19. The molecule has 2 aliphatic heterocycles. The molecule has 2 heterocycles. The van der Waals surface area contributed by atoms with Crippen LogP contribution in [0.3, 0.4) is 0 Å². The van der Waals surface area contributed by atoms with E-state index in [1.54, 1.807) is 0 Å². The molecular formula is C24H30N2OS. The van der Waals surface area contributed by atoms with E-state index < -0.39 is 0 Å². The van der Waals surface area contributed by atoms with Crippen molar-refractivity contribution in [1.82, 2.24) is 9.80 Å². The number of likely N-dealkylation sites (tertiary alicyclic amines) is 1. The van der Waals surface area contributed by atoms with E-state index in [4.69, 9.17) is 0 Å². The summed E-state index contributed by atoms with van der Waals surface area (Å²) < 4.78 is 0. The van der Waals surface area contributed by atoms with Gasteiger partial charge in [0.2, 0.25) is 5.91 Å². The molecule has 2 aromatic carbocycles. The van der Waals surface area contributed by atoms with Crippen LogP contribution in [0.4, 0.5) is 0 Å². The minimum atomic E-state index is -0.216. The number of hydrogen-bond acceptors (Lipinski definition) is 3. The molecule has 0 bridgehead atoms. The van der Waals surface area contributed by atoms with Gasteiger partial charge in [-0.05, 0) is 49.2 Å². The van der Waals surface area contributed by atoms with E-state index >= 15 is 0 Å². The highest BCUT2D eigenvalue weighted by molar-refractivity contribution is 7.99. The molecule has 0 spiro atoms. The molecule has 0 saturated carbocycles. The van der Waals surface area contributed by atoms with Gasteiger partial charge in [-0.25, -0.2) is 0 Å². The first-order valence-corrected chi connectivity index (χ1v) is 11.7. The van der Waals surface area contributed by atoms with E-state index in [1.807, 2.05) is 48.2 Å².